The minimum atomic E-state index is -0.848. The summed E-state index contributed by atoms with van der Waals surface area (Å²) in [5, 5.41) is 8.90. The molecule has 0 saturated carbocycles. The molecule has 6 nitrogen and oxygen atoms in total. The van der Waals surface area contributed by atoms with Crippen LogP contribution in [0.25, 0.3) is 0 Å². The predicted octanol–water partition coefficient (Wildman–Crippen LogP) is 1.54. The number of carbonyl (C=O) groups is 1. The number of likely N-dealkylation sites (tertiary alicyclic amines) is 1. The molecule has 6 heteroatoms. The zero-order valence-corrected chi connectivity index (χ0v) is 10.8. The lowest BCUT2D eigenvalue weighted by molar-refractivity contribution is 0.104. The molecular weight excluding hydrogens is 244 g/mol. The molecule has 0 radical (unpaired) electrons. The van der Waals surface area contributed by atoms with Crippen LogP contribution in [-0.4, -0.2) is 52.2 Å². The summed E-state index contributed by atoms with van der Waals surface area (Å²) in [6, 6.07) is 0. The normalized spacial score (nSPS) is 20.2. The molecule has 0 spiro atoms. The van der Waals surface area contributed by atoms with E-state index in [0.29, 0.717) is 13.1 Å². The predicted molar refractivity (Wildman–Crippen MR) is 70.4 cm³/mol. The van der Waals surface area contributed by atoms with Crippen LogP contribution in [0.1, 0.15) is 30.9 Å². The SMILES string of the molecule is O=C(O)N1CC(c2nccnc2N2CCCCC2)C1. The Labute approximate surface area is 112 Å². The average molecular weight is 262 g/mol. The summed E-state index contributed by atoms with van der Waals surface area (Å²) in [6.45, 7) is 3.13. The van der Waals surface area contributed by atoms with Crippen LogP contribution in [0.5, 0.6) is 0 Å². The van der Waals surface area contributed by atoms with Crippen molar-refractivity contribution in [2.45, 2.75) is 25.2 Å². The number of anilines is 1. The molecule has 2 fully saturated rings. The summed E-state index contributed by atoms with van der Waals surface area (Å²) in [6.07, 6.45) is 6.25. The molecule has 2 aliphatic heterocycles. The molecule has 102 valence electrons. The Morgan fingerprint density at radius 3 is 2.53 bits per heavy atom. The van der Waals surface area contributed by atoms with Crippen LogP contribution in [0.2, 0.25) is 0 Å². The third kappa shape index (κ3) is 2.34. The van der Waals surface area contributed by atoms with Crippen molar-refractivity contribution in [1.29, 1.82) is 0 Å². The van der Waals surface area contributed by atoms with E-state index in [2.05, 4.69) is 14.9 Å². The van der Waals surface area contributed by atoms with Crippen LogP contribution in [0, 0.1) is 0 Å². The Kier molecular flexibility index (Phi) is 3.23. The van der Waals surface area contributed by atoms with Crippen molar-refractivity contribution in [3.05, 3.63) is 18.1 Å². The van der Waals surface area contributed by atoms with Crippen LogP contribution in [-0.2, 0) is 0 Å². The van der Waals surface area contributed by atoms with Crippen LogP contribution >= 0.6 is 0 Å². The number of amides is 1. The molecule has 3 rings (SSSR count). The number of hydrogen-bond donors (Lipinski definition) is 1. The Morgan fingerprint density at radius 2 is 1.84 bits per heavy atom. The van der Waals surface area contributed by atoms with Crippen LogP contribution in [0.15, 0.2) is 12.4 Å². The van der Waals surface area contributed by atoms with Gasteiger partial charge in [-0.05, 0) is 19.3 Å². The van der Waals surface area contributed by atoms with Crippen molar-refractivity contribution in [2.75, 3.05) is 31.1 Å². The molecule has 2 aliphatic rings. The Balaban J connectivity index is 1.76. The lowest BCUT2D eigenvalue weighted by Gasteiger charge is -2.38. The second-order valence-corrected chi connectivity index (χ2v) is 5.20. The largest absolute Gasteiger partial charge is 0.465 e. The smallest absolute Gasteiger partial charge is 0.407 e. The summed E-state index contributed by atoms with van der Waals surface area (Å²) >= 11 is 0. The lowest BCUT2D eigenvalue weighted by atomic mass is 9.95. The van der Waals surface area contributed by atoms with E-state index >= 15 is 0 Å². The molecule has 2 saturated heterocycles. The minimum Gasteiger partial charge on any atom is -0.465 e. The first kappa shape index (κ1) is 12.2. The lowest BCUT2D eigenvalue weighted by Crippen LogP contribution is -2.48. The van der Waals surface area contributed by atoms with E-state index in [-0.39, 0.29) is 5.92 Å². The number of rotatable bonds is 2. The van der Waals surface area contributed by atoms with Crippen molar-refractivity contribution in [3.63, 3.8) is 0 Å². The van der Waals surface area contributed by atoms with E-state index in [4.69, 9.17) is 5.11 Å². The molecule has 1 amide bonds. The van der Waals surface area contributed by atoms with E-state index in [1.165, 1.54) is 24.2 Å². The van der Waals surface area contributed by atoms with Crippen molar-refractivity contribution in [1.82, 2.24) is 14.9 Å². The minimum absolute atomic E-state index is 0.196. The molecule has 0 aliphatic carbocycles. The zero-order valence-electron chi connectivity index (χ0n) is 10.8. The van der Waals surface area contributed by atoms with E-state index in [1.54, 1.807) is 12.4 Å². The first-order valence-electron chi connectivity index (χ1n) is 6.79. The number of aromatic nitrogens is 2. The van der Waals surface area contributed by atoms with Gasteiger partial charge in [0.25, 0.3) is 0 Å². The Bertz CT molecular complexity index is 467. The fourth-order valence-corrected chi connectivity index (χ4v) is 2.79. The van der Waals surface area contributed by atoms with Gasteiger partial charge in [0.1, 0.15) is 0 Å². The van der Waals surface area contributed by atoms with Gasteiger partial charge in [0.2, 0.25) is 0 Å². The van der Waals surface area contributed by atoms with Gasteiger partial charge in [-0.15, -0.1) is 0 Å². The van der Waals surface area contributed by atoms with E-state index < -0.39 is 6.09 Å². The van der Waals surface area contributed by atoms with Gasteiger partial charge < -0.3 is 14.9 Å². The number of piperidine rings is 1. The highest BCUT2D eigenvalue weighted by Gasteiger charge is 2.35. The highest BCUT2D eigenvalue weighted by molar-refractivity contribution is 5.67. The summed E-state index contributed by atoms with van der Waals surface area (Å²) < 4.78 is 0. The van der Waals surface area contributed by atoms with Crippen LogP contribution in [0.4, 0.5) is 10.6 Å². The highest BCUT2D eigenvalue weighted by atomic mass is 16.4. The summed E-state index contributed by atoms with van der Waals surface area (Å²) in [7, 11) is 0. The molecule has 1 N–H and O–H groups in total. The van der Waals surface area contributed by atoms with Gasteiger partial charge >= 0.3 is 6.09 Å². The van der Waals surface area contributed by atoms with Crippen molar-refractivity contribution >= 4 is 11.9 Å². The molecule has 0 bridgehead atoms. The highest BCUT2D eigenvalue weighted by Crippen LogP contribution is 2.32. The van der Waals surface area contributed by atoms with Gasteiger partial charge in [-0.2, -0.15) is 0 Å². The van der Waals surface area contributed by atoms with Gasteiger partial charge in [-0.25, -0.2) is 9.78 Å². The first-order chi connectivity index (χ1) is 9.25. The summed E-state index contributed by atoms with van der Waals surface area (Å²) in [4.78, 5) is 23.4. The first-order valence-corrected chi connectivity index (χ1v) is 6.79. The molecule has 3 heterocycles. The van der Waals surface area contributed by atoms with Gasteiger partial charge in [0.05, 0.1) is 5.69 Å². The van der Waals surface area contributed by atoms with E-state index in [9.17, 15) is 4.79 Å². The number of nitrogens with zero attached hydrogens (tertiary/aromatic N) is 4. The maximum absolute atomic E-state index is 10.8. The quantitative estimate of drug-likeness (QED) is 0.875. The van der Waals surface area contributed by atoms with E-state index in [0.717, 1.165) is 24.6 Å². The monoisotopic (exact) mass is 262 g/mol. The van der Waals surface area contributed by atoms with Gasteiger partial charge in [0.15, 0.2) is 5.82 Å². The standard InChI is InChI=1S/C13H18N4O2/c18-13(19)17-8-10(9-17)11-12(15-5-4-14-11)16-6-2-1-3-7-16/h4-5,10H,1-3,6-9H2,(H,18,19). The van der Waals surface area contributed by atoms with Gasteiger partial charge in [-0.3, -0.25) is 4.98 Å². The van der Waals surface area contributed by atoms with Crippen LogP contribution < -0.4 is 4.90 Å². The van der Waals surface area contributed by atoms with Gasteiger partial charge in [-0.1, -0.05) is 0 Å². The second-order valence-electron chi connectivity index (χ2n) is 5.20. The second kappa shape index (κ2) is 5.03. The van der Waals surface area contributed by atoms with Crippen molar-refractivity contribution < 1.29 is 9.90 Å². The maximum atomic E-state index is 10.8. The third-order valence-electron chi connectivity index (χ3n) is 3.90. The molecule has 0 atom stereocenters. The molecule has 0 aromatic carbocycles. The number of carboxylic acid groups (broad SMARTS) is 1. The number of hydrogen-bond acceptors (Lipinski definition) is 4. The van der Waals surface area contributed by atoms with E-state index in [1.807, 2.05) is 0 Å². The molecule has 19 heavy (non-hydrogen) atoms. The third-order valence-corrected chi connectivity index (χ3v) is 3.90. The molecule has 1 aromatic rings. The Hall–Kier alpha value is -1.85. The van der Waals surface area contributed by atoms with Gasteiger partial charge in [0, 0.05) is 44.5 Å². The summed E-state index contributed by atoms with van der Waals surface area (Å²) in [5.74, 6) is 1.15. The molecule has 0 unspecified atom stereocenters. The summed E-state index contributed by atoms with van der Waals surface area (Å²) in [5.41, 5.74) is 0.960. The molecule has 1 aromatic heterocycles. The fraction of sp³-hybridized carbons (Fsp3) is 0.615. The average Bonchev–Trinajstić information content (AvgIpc) is 2.38. The van der Waals surface area contributed by atoms with Crippen molar-refractivity contribution in [2.24, 2.45) is 0 Å². The Morgan fingerprint density at radius 1 is 1.16 bits per heavy atom. The maximum Gasteiger partial charge on any atom is 0.407 e. The fourth-order valence-electron chi connectivity index (χ4n) is 2.79. The molecular formula is C13H18N4O2. The van der Waals surface area contributed by atoms with Crippen molar-refractivity contribution in [3.8, 4) is 0 Å². The van der Waals surface area contributed by atoms with Crippen LogP contribution in [0.3, 0.4) is 0 Å². The topological polar surface area (TPSA) is 69.6 Å². The zero-order chi connectivity index (χ0) is 13.2.